The van der Waals surface area contributed by atoms with Gasteiger partial charge >= 0.3 is 0 Å². The quantitative estimate of drug-likeness (QED) is 0.861. The molecule has 0 radical (unpaired) electrons. The van der Waals surface area contributed by atoms with Crippen LogP contribution in [0.4, 0.5) is 0 Å². The van der Waals surface area contributed by atoms with Crippen molar-refractivity contribution in [3.8, 4) is 5.75 Å². The maximum atomic E-state index is 9.51. The normalized spacial score (nSPS) is 22.1. The third kappa shape index (κ3) is 3.72. The summed E-state index contributed by atoms with van der Waals surface area (Å²) >= 11 is 0. The molecular formula is C15H24N2O. The second-order valence-corrected chi connectivity index (χ2v) is 5.56. The number of phenolic OH excluding ortho intramolecular Hbond substituents is 1. The molecule has 1 aliphatic rings. The fraction of sp³-hybridized carbons (Fsp3) is 0.600. The monoisotopic (exact) mass is 248 g/mol. The lowest BCUT2D eigenvalue weighted by molar-refractivity contribution is 0.238. The maximum absolute atomic E-state index is 9.51. The van der Waals surface area contributed by atoms with Crippen LogP contribution in [0.3, 0.4) is 0 Å². The lowest BCUT2D eigenvalue weighted by Crippen LogP contribution is -2.40. The van der Waals surface area contributed by atoms with Crippen molar-refractivity contribution in [2.75, 3.05) is 19.6 Å². The molecule has 1 aliphatic heterocycles. The van der Waals surface area contributed by atoms with E-state index in [1.165, 1.54) is 12.0 Å². The van der Waals surface area contributed by atoms with Crippen molar-refractivity contribution in [3.05, 3.63) is 29.8 Å². The van der Waals surface area contributed by atoms with Crippen molar-refractivity contribution in [2.45, 2.75) is 32.9 Å². The molecule has 0 bridgehead atoms. The maximum Gasteiger partial charge on any atom is 0.115 e. The average molecular weight is 248 g/mol. The average Bonchev–Trinajstić information content (AvgIpc) is 2.55. The molecule has 0 amide bonds. The molecule has 18 heavy (non-hydrogen) atoms. The molecule has 2 rings (SSSR count). The summed E-state index contributed by atoms with van der Waals surface area (Å²) in [7, 11) is 0. The number of nitrogens with zero attached hydrogens (tertiary/aromatic N) is 1. The summed E-state index contributed by atoms with van der Waals surface area (Å²) in [6.07, 6.45) is 1.20. The van der Waals surface area contributed by atoms with E-state index in [9.17, 15) is 5.11 Å². The number of hydrogen-bond acceptors (Lipinski definition) is 3. The molecule has 0 aromatic heterocycles. The van der Waals surface area contributed by atoms with Crippen LogP contribution in [0.5, 0.6) is 5.75 Å². The van der Waals surface area contributed by atoms with Crippen molar-refractivity contribution in [2.24, 2.45) is 5.92 Å². The number of rotatable bonds is 3. The number of phenols is 1. The summed E-state index contributed by atoms with van der Waals surface area (Å²) in [5.41, 5.74) is 1.19. The first-order valence-electron chi connectivity index (χ1n) is 6.89. The van der Waals surface area contributed by atoms with Crippen LogP contribution >= 0.6 is 0 Å². The third-order valence-electron chi connectivity index (χ3n) is 3.63. The fourth-order valence-electron chi connectivity index (χ4n) is 2.53. The van der Waals surface area contributed by atoms with Gasteiger partial charge in [-0.15, -0.1) is 0 Å². The molecular weight excluding hydrogens is 224 g/mol. The highest BCUT2D eigenvalue weighted by atomic mass is 16.3. The zero-order valence-electron chi connectivity index (χ0n) is 11.4. The minimum atomic E-state index is 0.362. The van der Waals surface area contributed by atoms with Crippen LogP contribution in [-0.2, 0) is 6.54 Å². The zero-order valence-corrected chi connectivity index (χ0v) is 11.4. The molecule has 0 spiro atoms. The lowest BCUT2D eigenvalue weighted by atomic mass is 10.0. The molecule has 2 N–H and O–H groups in total. The molecule has 1 fully saturated rings. The van der Waals surface area contributed by atoms with Crippen LogP contribution in [0.15, 0.2) is 24.3 Å². The Bertz CT molecular complexity index is 379. The SMILES string of the molecule is CC(C)C1CN(Cc2cccc(O)c2)CCCN1. The molecule has 3 nitrogen and oxygen atoms in total. The Balaban J connectivity index is 1.99. The van der Waals surface area contributed by atoms with E-state index >= 15 is 0 Å². The second kappa shape index (κ2) is 6.21. The summed E-state index contributed by atoms with van der Waals surface area (Å²) in [4.78, 5) is 2.49. The van der Waals surface area contributed by atoms with Gasteiger partial charge in [-0.05, 0) is 43.1 Å². The molecule has 1 atom stereocenters. The first kappa shape index (κ1) is 13.4. The Morgan fingerprint density at radius 3 is 3.00 bits per heavy atom. The van der Waals surface area contributed by atoms with E-state index in [-0.39, 0.29) is 0 Å². The molecule has 0 saturated carbocycles. The van der Waals surface area contributed by atoms with Gasteiger partial charge in [-0.1, -0.05) is 26.0 Å². The first-order valence-corrected chi connectivity index (χ1v) is 6.89. The number of aromatic hydroxyl groups is 1. The molecule has 1 aromatic carbocycles. The predicted octanol–water partition coefficient (Wildman–Crippen LogP) is 2.21. The number of hydrogen-bond donors (Lipinski definition) is 2. The minimum Gasteiger partial charge on any atom is -0.508 e. The fourth-order valence-corrected chi connectivity index (χ4v) is 2.53. The Kier molecular flexibility index (Phi) is 4.61. The van der Waals surface area contributed by atoms with Gasteiger partial charge in [-0.25, -0.2) is 0 Å². The van der Waals surface area contributed by atoms with E-state index in [4.69, 9.17) is 0 Å². The van der Waals surface area contributed by atoms with Crippen LogP contribution in [0.25, 0.3) is 0 Å². The second-order valence-electron chi connectivity index (χ2n) is 5.56. The molecule has 0 aliphatic carbocycles. The highest BCUT2D eigenvalue weighted by molar-refractivity contribution is 5.27. The van der Waals surface area contributed by atoms with E-state index in [1.54, 1.807) is 6.07 Å². The smallest absolute Gasteiger partial charge is 0.115 e. The zero-order chi connectivity index (χ0) is 13.0. The van der Waals surface area contributed by atoms with E-state index in [0.29, 0.717) is 17.7 Å². The van der Waals surface area contributed by atoms with Crippen molar-refractivity contribution in [1.82, 2.24) is 10.2 Å². The summed E-state index contributed by atoms with van der Waals surface area (Å²) in [5, 5.41) is 13.1. The largest absolute Gasteiger partial charge is 0.508 e. The summed E-state index contributed by atoms with van der Waals surface area (Å²) < 4.78 is 0. The van der Waals surface area contributed by atoms with Crippen molar-refractivity contribution < 1.29 is 5.11 Å². The minimum absolute atomic E-state index is 0.362. The molecule has 1 unspecified atom stereocenters. The van der Waals surface area contributed by atoms with Crippen molar-refractivity contribution >= 4 is 0 Å². The van der Waals surface area contributed by atoms with E-state index in [1.807, 2.05) is 12.1 Å². The highest BCUT2D eigenvalue weighted by Crippen LogP contribution is 2.15. The predicted molar refractivity (Wildman–Crippen MR) is 74.6 cm³/mol. The summed E-state index contributed by atoms with van der Waals surface area (Å²) in [6, 6.07) is 8.17. The van der Waals surface area contributed by atoms with Crippen LogP contribution in [0.1, 0.15) is 25.8 Å². The van der Waals surface area contributed by atoms with Crippen molar-refractivity contribution in [3.63, 3.8) is 0 Å². The van der Waals surface area contributed by atoms with Crippen molar-refractivity contribution in [1.29, 1.82) is 0 Å². The molecule has 1 aromatic rings. The van der Waals surface area contributed by atoms with Gasteiger partial charge in [0.15, 0.2) is 0 Å². The molecule has 1 heterocycles. The van der Waals surface area contributed by atoms with E-state index in [2.05, 4.69) is 30.1 Å². The van der Waals surface area contributed by atoms with Gasteiger partial charge in [0.2, 0.25) is 0 Å². The number of benzene rings is 1. The topological polar surface area (TPSA) is 35.5 Å². The van der Waals surface area contributed by atoms with Gasteiger partial charge in [-0.3, -0.25) is 4.90 Å². The van der Waals surface area contributed by atoms with Gasteiger partial charge in [-0.2, -0.15) is 0 Å². The Labute approximate surface area is 110 Å². The number of nitrogens with one attached hydrogen (secondary N) is 1. The highest BCUT2D eigenvalue weighted by Gasteiger charge is 2.20. The van der Waals surface area contributed by atoms with Crippen LogP contribution in [0.2, 0.25) is 0 Å². The lowest BCUT2D eigenvalue weighted by Gasteiger charge is -2.26. The van der Waals surface area contributed by atoms with Crippen LogP contribution in [0, 0.1) is 5.92 Å². The van der Waals surface area contributed by atoms with Crippen LogP contribution in [-0.4, -0.2) is 35.7 Å². The van der Waals surface area contributed by atoms with Gasteiger partial charge in [0.1, 0.15) is 5.75 Å². The molecule has 100 valence electrons. The van der Waals surface area contributed by atoms with Gasteiger partial charge < -0.3 is 10.4 Å². The molecule has 1 saturated heterocycles. The van der Waals surface area contributed by atoms with Gasteiger partial charge in [0.05, 0.1) is 0 Å². The molecule has 3 heteroatoms. The Morgan fingerprint density at radius 1 is 1.44 bits per heavy atom. The van der Waals surface area contributed by atoms with E-state index in [0.717, 1.165) is 26.2 Å². The van der Waals surface area contributed by atoms with Gasteiger partial charge in [0, 0.05) is 19.1 Å². The standard InChI is InChI=1S/C15H24N2O/c1-12(2)15-11-17(8-4-7-16-15)10-13-5-3-6-14(18)9-13/h3,5-6,9,12,15-16,18H,4,7-8,10-11H2,1-2H3. The summed E-state index contributed by atoms with van der Waals surface area (Å²) in [6.45, 7) is 8.81. The Hall–Kier alpha value is -1.06. The first-order chi connectivity index (χ1) is 8.65. The van der Waals surface area contributed by atoms with Gasteiger partial charge in [0.25, 0.3) is 0 Å². The van der Waals surface area contributed by atoms with E-state index < -0.39 is 0 Å². The summed E-state index contributed by atoms with van der Waals surface area (Å²) in [5.74, 6) is 1.02. The third-order valence-corrected chi connectivity index (χ3v) is 3.63. The Morgan fingerprint density at radius 2 is 2.28 bits per heavy atom. The van der Waals surface area contributed by atoms with Crippen LogP contribution < -0.4 is 5.32 Å².